The minimum Gasteiger partial charge on any atom is -0.481 e. The van der Waals surface area contributed by atoms with Gasteiger partial charge in [0.15, 0.2) is 0 Å². The Morgan fingerprint density at radius 3 is 2.10 bits per heavy atom. The van der Waals surface area contributed by atoms with Gasteiger partial charge in [0.25, 0.3) is 0 Å². The highest BCUT2D eigenvalue weighted by Gasteiger charge is 2.50. The van der Waals surface area contributed by atoms with E-state index in [9.17, 15) is 14.4 Å². The average molecular weight is 293 g/mol. The molecule has 5 nitrogen and oxygen atoms in total. The molecule has 1 fully saturated rings. The van der Waals surface area contributed by atoms with Gasteiger partial charge in [-0.2, -0.15) is 0 Å². The van der Waals surface area contributed by atoms with Crippen LogP contribution in [0, 0.1) is 17.3 Å². The molecule has 116 valence electrons. The van der Waals surface area contributed by atoms with Gasteiger partial charge < -0.3 is 5.11 Å². The minimum atomic E-state index is -0.974. The van der Waals surface area contributed by atoms with Crippen LogP contribution in [0.15, 0.2) is 12.2 Å². The van der Waals surface area contributed by atoms with E-state index in [-0.39, 0.29) is 35.5 Å². The van der Waals surface area contributed by atoms with Crippen molar-refractivity contribution in [1.29, 1.82) is 0 Å². The highest BCUT2D eigenvalue weighted by molar-refractivity contribution is 6.06. The van der Waals surface area contributed by atoms with Gasteiger partial charge >= 0.3 is 5.97 Å². The molecule has 0 aromatic carbocycles. The number of nitrogens with zero attached hydrogens (tertiary/aromatic N) is 1. The number of carboxylic acid groups (broad SMARTS) is 1. The molecule has 2 amide bonds. The molecule has 0 spiro atoms. The van der Waals surface area contributed by atoms with Gasteiger partial charge in [-0.1, -0.05) is 32.9 Å². The number of imide groups is 1. The molecule has 2 aliphatic rings. The third-order valence-electron chi connectivity index (χ3n) is 4.17. The maximum atomic E-state index is 12.5. The van der Waals surface area contributed by atoms with E-state index >= 15 is 0 Å². The molecule has 0 radical (unpaired) electrons. The zero-order valence-corrected chi connectivity index (χ0v) is 12.8. The van der Waals surface area contributed by atoms with Gasteiger partial charge in [0.2, 0.25) is 11.8 Å². The second kappa shape index (κ2) is 5.62. The van der Waals surface area contributed by atoms with Crippen LogP contribution in [-0.4, -0.2) is 33.8 Å². The lowest BCUT2D eigenvalue weighted by atomic mass is 9.85. The van der Waals surface area contributed by atoms with Crippen molar-refractivity contribution in [1.82, 2.24) is 4.90 Å². The van der Waals surface area contributed by atoms with E-state index in [1.165, 1.54) is 4.90 Å². The van der Waals surface area contributed by atoms with Gasteiger partial charge in [-0.25, -0.2) is 0 Å². The van der Waals surface area contributed by atoms with Crippen LogP contribution in [0.3, 0.4) is 0 Å². The fourth-order valence-corrected chi connectivity index (χ4v) is 3.35. The smallest absolute Gasteiger partial charge is 0.305 e. The SMILES string of the molecule is CC(C)(C)CC(CC(=O)O)N1C(=O)[C@H]2CC=CC[C@H]2C1=O. The summed E-state index contributed by atoms with van der Waals surface area (Å²) in [5.74, 6) is -1.94. The second-order valence-electron chi connectivity index (χ2n) is 7.22. The maximum Gasteiger partial charge on any atom is 0.305 e. The molecule has 2 rings (SSSR count). The van der Waals surface area contributed by atoms with Crippen molar-refractivity contribution in [3.8, 4) is 0 Å². The first kappa shape index (κ1) is 15.7. The molecule has 0 saturated carbocycles. The lowest BCUT2D eigenvalue weighted by Gasteiger charge is -2.31. The topological polar surface area (TPSA) is 74.7 Å². The summed E-state index contributed by atoms with van der Waals surface area (Å²) in [6.45, 7) is 5.96. The molecular formula is C16H23NO4. The number of carboxylic acids is 1. The monoisotopic (exact) mass is 293 g/mol. The van der Waals surface area contributed by atoms with Gasteiger partial charge in [-0.15, -0.1) is 0 Å². The van der Waals surface area contributed by atoms with Crippen molar-refractivity contribution in [2.75, 3.05) is 0 Å². The number of hydrogen-bond donors (Lipinski definition) is 1. The summed E-state index contributed by atoms with van der Waals surface area (Å²) >= 11 is 0. The van der Waals surface area contributed by atoms with Gasteiger partial charge in [-0.05, 0) is 24.7 Å². The number of likely N-dealkylation sites (tertiary alicyclic amines) is 1. The molecule has 1 heterocycles. The number of hydrogen-bond acceptors (Lipinski definition) is 3. The molecule has 1 N–H and O–H groups in total. The number of aliphatic carboxylic acids is 1. The Morgan fingerprint density at radius 1 is 1.24 bits per heavy atom. The van der Waals surface area contributed by atoms with E-state index < -0.39 is 12.0 Å². The van der Waals surface area contributed by atoms with Gasteiger partial charge in [0, 0.05) is 0 Å². The van der Waals surface area contributed by atoms with Crippen LogP contribution in [0.25, 0.3) is 0 Å². The average Bonchev–Trinajstić information content (AvgIpc) is 2.59. The zero-order valence-electron chi connectivity index (χ0n) is 12.8. The number of amides is 2. The molecule has 5 heteroatoms. The summed E-state index contributed by atoms with van der Waals surface area (Å²) in [5.41, 5.74) is -0.146. The first-order valence-electron chi connectivity index (χ1n) is 7.44. The van der Waals surface area contributed by atoms with Crippen LogP contribution < -0.4 is 0 Å². The standard InChI is InChI=1S/C16H23NO4/c1-16(2,3)9-10(8-13(18)19)17-14(20)11-6-4-5-7-12(11)15(17)21/h4-5,10-12H,6-9H2,1-3H3,(H,18,19)/t10?,11-,12+. The van der Waals surface area contributed by atoms with E-state index in [1.807, 2.05) is 32.9 Å². The van der Waals surface area contributed by atoms with E-state index in [2.05, 4.69) is 0 Å². The molecule has 1 aliphatic carbocycles. The minimum absolute atomic E-state index is 0.146. The van der Waals surface area contributed by atoms with Crippen LogP contribution in [0.1, 0.15) is 46.5 Å². The Labute approximate surface area is 125 Å². The highest BCUT2D eigenvalue weighted by Crippen LogP contribution is 2.38. The molecule has 1 unspecified atom stereocenters. The van der Waals surface area contributed by atoms with Crippen molar-refractivity contribution < 1.29 is 19.5 Å². The molecule has 21 heavy (non-hydrogen) atoms. The normalized spacial score (nSPS) is 26.9. The van der Waals surface area contributed by atoms with Crippen LogP contribution in [0.2, 0.25) is 0 Å². The third-order valence-corrected chi connectivity index (χ3v) is 4.17. The molecule has 0 aromatic rings. The predicted octanol–water partition coefficient (Wildman–Crippen LogP) is 2.22. The van der Waals surface area contributed by atoms with Crippen LogP contribution in [0.4, 0.5) is 0 Å². The molecular weight excluding hydrogens is 270 g/mol. The number of rotatable bonds is 4. The summed E-state index contributed by atoms with van der Waals surface area (Å²) in [7, 11) is 0. The van der Waals surface area contributed by atoms with E-state index in [0.29, 0.717) is 19.3 Å². The fourth-order valence-electron chi connectivity index (χ4n) is 3.35. The first-order chi connectivity index (χ1) is 9.70. The van der Waals surface area contributed by atoms with E-state index in [0.717, 1.165) is 0 Å². The third kappa shape index (κ3) is 3.34. The summed E-state index contributed by atoms with van der Waals surface area (Å²) < 4.78 is 0. The second-order valence-corrected chi connectivity index (χ2v) is 7.22. The number of allylic oxidation sites excluding steroid dienone is 2. The number of carbonyl (C=O) groups excluding carboxylic acids is 2. The quantitative estimate of drug-likeness (QED) is 0.637. The lowest BCUT2D eigenvalue weighted by molar-refractivity contribution is -0.146. The summed E-state index contributed by atoms with van der Waals surface area (Å²) in [6, 6.07) is -0.548. The molecule has 1 saturated heterocycles. The Morgan fingerprint density at radius 2 is 1.71 bits per heavy atom. The first-order valence-corrected chi connectivity index (χ1v) is 7.44. The van der Waals surface area contributed by atoms with Gasteiger partial charge in [0.1, 0.15) is 0 Å². The van der Waals surface area contributed by atoms with Crippen molar-refractivity contribution in [3.05, 3.63) is 12.2 Å². The van der Waals surface area contributed by atoms with Crippen molar-refractivity contribution >= 4 is 17.8 Å². The van der Waals surface area contributed by atoms with Crippen molar-refractivity contribution in [3.63, 3.8) is 0 Å². The van der Waals surface area contributed by atoms with Gasteiger partial charge in [0.05, 0.1) is 24.3 Å². The van der Waals surface area contributed by atoms with Gasteiger partial charge in [-0.3, -0.25) is 19.3 Å². The zero-order chi connectivity index (χ0) is 15.8. The van der Waals surface area contributed by atoms with E-state index in [4.69, 9.17) is 5.11 Å². The molecule has 1 aliphatic heterocycles. The van der Waals surface area contributed by atoms with Crippen molar-refractivity contribution in [2.45, 2.75) is 52.5 Å². The lowest BCUT2D eigenvalue weighted by Crippen LogP contribution is -2.43. The van der Waals surface area contributed by atoms with Crippen molar-refractivity contribution in [2.24, 2.45) is 17.3 Å². The summed E-state index contributed by atoms with van der Waals surface area (Å²) in [4.78, 5) is 37.4. The molecule has 3 atom stereocenters. The van der Waals surface area contributed by atoms with Crippen LogP contribution >= 0.6 is 0 Å². The number of carbonyl (C=O) groups is 3. The Kier molecular flexibility index (Phi) is 4.21. The van der Waals surface area contributed by atoms with E-state index in [1.54, 1.807) is 0 Å². The molecule has 0 bridgehead atoms. The summed E-state index contributed by atoms with van der Waals surface area (Å²) in [5, 5.41) is 9.11. The predicted molar refractivity (Wildman–Crippen MR) is 77.3 cm³/mol. The fraction of sp³-hybridized carbons (Fsp3) is 0.688. The van der Waals surface area contributed by atoms with Crippen LogP contribution in [0.5, 0.6) is 0 Å². The summed E-state index contributed by atoms with van der Waals surface area (Å²) in [6.07, 6.45) is 5.37. The number of fused-ring (bicyclic) bond motifs is 1. The van der Waals surface area contributed by atoms with Crippen LogP contribution in [-0.2, 0) is 14.4 Å². The Bertz CT molecular complexity index is 463. The largest absolute Gasteiger partial charge is 0.481 e. The molecule has 0 aromatic heterocycles. The Hall–Kier alpha value is -1.65. The maximum absolute atomic E-state index is 12.5. The highest BCUT2D eigenvalue weighted by atomic mass is 16.4. The Balaban J connectivity index is 2.25.